The smallest absolute Gasteiger partial charge is 0.336 e. The molecule has 2 aromatic heterocycles. The van der Waals surface area contributed by atoms with E-state index in [1.54, 1.807) is 12.4 Å². The van der Waals surface area contributed by atoms with Crippen molar-refractivity contribution in [2.45, 2.75) is 12.8 Å². The van der Waals surface area contributed by atoms with E-state index in [-0.39, 0.29) is 5.92 Å². The predicted octanol–water partition coefficient (Wildman–Crippen LogP) is 2.60. The number of esters is 1. The van der Waals surface area contributed by atoms with Gasteiger partial charge in [-0.1, -0.05) is 0 Å². The summed E-state index contributed by atoms with van der Waals surface area (Å²) in [7, 11) is 1.35. The maximum Gasteiger partial charge on any atom is 0.336 e. The van der Waals surface area contributed by atoms with Crippen molar-refractivity contribution in [2.75, 3.05) is 18.2 Å². The van der Waals surface area contributed by atoms with Gasteiger partial charge >= 0.3 is 5.97 Å². The van der Waals surface area contributed by atoms with Crippen molar-refractivity contribution in [1.82, 2.24) is 4.98 Å². The zero-order valence-electron chi connectivity index (χ0n) is 12.6. The Labute approximate surface area is 137 Å². The van der Waals surface area contributed by atoms with Gasteiger partial charge in [-0.05, 0) is 24.6 Å². The molecule has 116 valence electrons. The molecule has 23 heavy (non-hydrogen) atoms. The molecule has 0 bridgehead atoms. The lowest BCUT2D eigenvalue weighted by Crippen LogP contribution is -2.23. The summed E-state index contributed by atoms with van der Waals surface area (Å²) >= 11 is 1.29. The Bertz CT molecular complexity index is 849. The number of hydrogen-bond donors (Lipinski definition) is 2. The summed E-state index contributed by atoms with van der Waals surface area (Å²) in [6.45, 7) is 1.81. The lowest BCUT2D eigenvalue weighted by atomic mass is 9.82. The molecule has 0 saturated heterocycles. The first-order valence-electron chi connectivity index (χ1n) is 6.86. The number of nitrogens with zero attached hydrogens (tertiary/aromatic N) is 2. The van der Waals surface area contributed by atoms with Crippen molar-refractivity contribution < 1.29 is 9.53 Å². The van der Waals surface area contributed by atoms with Gasteiger partial charge in [-0.25, -0.2) is 4.79 Å². The molecule has 1 atom stereocenters. The number of aromatic nitrogens is 1. The molecule has 0 saturated carbocycles. The van der Waals surface area contributed by atoms with Crippen LogP contribution in [-0.4, -0.2) is 18.1 Å². The molecule has 0 aliphatic carbocycles. The third kappa shape index (κ3) is 2.33. The highest BCUT2D eigenvalue weighted by molar-refractivity contribution is 7.17. The third-order valence-corrected chi connectivity index (χ3v) is 4.85. The van der Waals surface area contributed by atoms with Gasteiger partial charge in [0.05, 0.1) is 18.4 Å². The third-order valence-electron chi connectivity index (χ3n) is 3.81. The second kappa shape index (κ2) is 5.74. The number of nitriles is 1. The predicted molar refractivity (Wildman–Crippen MR) is 87.9 cm³/mol. The van der Waals surface area contributed by atoms with Crippen LogP contribution in [0.15, 0.2) is 35.8 Å². The van der Waals surface area contributed by atoms with Gasteiger partial charge in [0.2, 0.25) is 0 Å². The molecule has 0 aromatic carbocycles. The van der Waals surface area contributed by atoms with Gasteiger partial charge in [-0.3, -0.25) is 4.98 Å². The van der Waals surface area contributed by atoms with Crippen molar-refractivity contribution >= 4 is 28.0 Å². The summed E-state index contributed by atoms with van der Waals surface area (Å²) in [6, 6.07) is 5.77. The van der Waals surface area contributed by atoms with E-state index in [4.69, 9.17) is 10.5 Å². The van der Waals surface area contributed by atoms with Crippen LogP contribution in [0.1, 0.15) is 28.8 Å². The number of nitrogens with two attached hydrogens (primary N) is 1. The van der Waals surface area contributed by atoms with E-state index in [0.717, 1.165) is 16.1 Å². The van der Waals surface area contributed by atoms with Gasteiger partial charge in [0.15, 0.2) is 0 Å². The molecule has 0 fully saturated rings. The van der Waals surface area contributed by atoms with Crippen LogP contribution in [0.2, 0.25) is 0 Å². The van der Waals surface area contributed by atoms with Gasteiger partial charge in [0.1, 0.15) is 15.9 Å². The molecule has 3 N–H and O–H groups in total. The summed E-state index contributed by atoms with van der Waals surface area (Å²) in [6.07, 6.45) is 3.32. The minimum absolute atomic E-state index is 0.389. The molecular formula is C16H14N4O2S. The Morgan fingerprint density at radius 3 is 2.78 bits per heavy atom. The molecule has 3 heterocycles. The summed E-state index contributed by atoms with van der Waals surface area (Å²) in [5.74, 6) is -0.813. The number of nitrogen functional groups attached to an aromatic ring is 1. The summed E-state index contributed by atoms with van der Waals surface area (Å²) in [5.41, 5.74) is 9.36. The standard InChI is InChI=1S/C16H14N4O2S/c1-8-11(16(21)22-2)12(9-3-5-19-6-4-9)13-14(18)10(7-17)23-15(13)20-8/h3-6,12,20H,18H2,1-2H3/t12-/m1/s1. The van der Waals surface area contributed by atoms with Gasteiger partial charge in [0.25, 0.3) is 0 Å². The quantitative estimate of drug-likeness (QED) is 0.823. The number of fused-ring (bicyclic) bond motifs is 1. The van der Waals surface area contributed by atoms with Crippen LogP contribution in [0.25, 0.3) is 0 Å². The van der Waals surface area contributed by atoms with Crippen molar-refractivity contribution in [2.24, 2.45) is 0 Å². The van der Waals surface area contributed by atoms with Crippen LogP contribution in [0.3, 0.4) is 0 Å². The molecule has 2 aromatic rings. The average Bonchev–Trinajstić information content (AvgIpc) is 2.89. The zero-order chi connectivity index (χ0) is 16.6. The molecule has 0 unspecified atom stereocenters. The first-order chi connectivity index (χ1) is 11.1. The van der Waals surface area contributed by atoms with Crippen molar-refractivity contribution in [3.63, 3.8) is 0 Å². The van der Waals surface area contributed by atoms with E-state index in [9.17, 15) is 10.1 Å². The SMILES string of the molecule is COC(=O)C1=C(C)Nc2sc(C#N)c(N)c2[C@@H]1c1ccncc1. The fraction of sp³-hybridized carbons (Fsp3) is 0.188. The Hall–Kier alpha value is -2.85. The number of ether oxygens (including phenoxy) is 1. The number of thiophene rings is 1. The van der Waals surface area contributed by atoms with Gasteiger partial charge < -0.3 is 15.8 Å². The number of pyridine rings is 1. The molecule has 0 spiro atoms. The Balaban J connectivity index is 2.28. The second-order valence-electron chi connectivity index (χ2n) is 5.07. The molecule has 1 aliphatic rings. The fourth-order valence-corrected chi connectivity index (χ4v) is 3.80. The van der Waals surface area contributed by atoms with Crippen molar-refractivity contribution in [3.05, 3.63) is 51.8 Å². The molecule has 3 rings (SSSR count). The minimum atomic E-state index is -0.424. The van der Waals surface area contributed by atoms with Crippen molar-refractivity contribution in [3.8, 4) is 6.07 Å². The molecule has 7 heteroatoms. The molecule has 0 amide bonds. The number of anilines is 2. The summed E-state index contributed by atoms with van der Waals surface area (Å²) in [5, 5.41) is 13.2. The van der Waals surface area contributed by atoms with E-state index in [1.807, 2.05) is 19.1 Å². The number of hydrogen-bond acceptors (Lipinski definition) is 7. The Kier molecular flexibility index (Phi) is 3.76. The molecule has 0 radical (unpaired) electrons. The van der Waals surface area contributed by atoms with Crippen LogP contribution in [0.5, 0.6) is 0 Å². The van der Waals surface area contributed by atoms with E-state index < -0.39 is 5.97 Å². The van der Waals surface area contributed by atoms with Crippen LogP contribution in [-0.2, 0) is 9.53 Å². The number of rotatable bonds is 2. The first-order valence-corrected chi connectivity index (χ1v) is 7.68. The number of nitrogens with one attached hydrogen (secondary N) is 1. The Morgan fingerprint density at radius 1 is 1.48 bits per heavy atom. The molecule has 6 nitrogen and oxygen atoms in total. The Morgan fingerprint density at radius 2 is 2.17 bits per heavy atom. The van der Waals surface area contributed by atoms with Crippen molar-refractivity contribution in [1.29, 1.82) is 5.26 Å². The summed E-state index contributed by atoms with van der Waals surface area (Å²) < 4.78 is 4.95. The van der Waals surface area contributed by atoms with Gasteiger partial charge in [-0.15, -0.1) is 11.3 Å². The number of carbonyl (C=O) groups is 1. The number of carbonyl (C=O) groups excluding carboxylic acids is 1. The molecule has 1 aliphatic heterocycles. The lowest BCUT2D eigenvalue weighted by molar-refractivity contribution is -0.136. The number of methoxy groups -OCH3 is 1. The monoisotopic (exact) mass is 326 g/mol. The van der Waals surface area contributed by atoms with Gasteiger partial charge in [-0.2, -0.15) is 5.26 Å². The van der Waals surface area contributed by atoms with Crippen LogP contribution < -0.4 is 11.1 Å². The summed E-state index contributed by atoms with van der Waals surface area (Å²) in [4.78, 5) is 16.8. The van der Waals surface area contributed by atoms with Crippen LogP contribution >= 0.6 is 11.3 Å². The highest BCUT2D eigenvalue weighted by Crippen LogP contribution is 2.49. The van der Waals surface area contributed by atoms with E-state index in [0.29, 0.717) is 21.8 Å². The average molecular weight is 326 g/mol. The highest BCUT2D eigenvalue weighted by atomic mass is 32.1. The second-order valence-corrected chi connectivity index (χ2v) is 6.09. The minimum Gasteiger partial charge on any atom is -0.466 e. The fourth-order valence-electron chi connectivity index (χ4n) is 2.79. The van der Waals surface area contributed by atoms with Gasteiger partial charge in [0, 0.05) is 29.6 Å². The van der Waals surface area contributed by atoms with E-state index >= 15 is 0 Å². The lowest BCUT2D eigenvalue weighted by Gasteiger charge is -2.28. The topological polar surface area (TPSA) is 101 Å². The maximum atomic E-state index is 12.3. The number of allylic oxidation sites excluding steroid dienone is 1. The van der Waals surface area contributed by atoms with E-state index in [2.05, 4.69) is 16.4 Å². The maximum absolute atomic E-state index is 12.3. The van der Waals surface area contributed by atoms with Crippen LogP contribution in [0.4, 0.5) is 10.7 Å². The normalized spacial score (nSPS) is 16.3. The largest absolute Gasteiger partial charge is 0.466 e. The zero-order valence-corrected chi connectivity index (χ0v) is 13.4. The molecular weight excluding hydrogens is 312 g/mol. The van der Waals surface area contributed by atoms with Crippen LogP contribution in [0, 0.1) is 11.3 Å². The van der Waals surface area contributed by atoms with E-state index in [1.165, 1.54) is 18.4 Å². The first kappa shape index (κ1) is 15.1. The highest BCUT2D eigenvalue weighted by Gasteiger charge is 2.36.